The van der Waals surface area contributed by atoms with Gasteiger partial charge in [0, 0.05) is 5.69 Å². The van der Waals surface area contributed by atoms with Gasteiger partial charge >= 0.3 is 0 Å². The molecule has 20 heavy (non-hydrogen) atoms. The maximum atomic E-state index is 11.8. The number of carbonyl (C=O) groups excluding carboxylic acids is 1. The van der Waals surface area contributed by atoms with Gasteiger partial charge in [0.1, 0.15) is 6.61 Å². The molecule has 1 amide bonds. The van der Waals surface area contributed by atoms with Crippen molar-refractivity contribution in [2.75, 3.05) is 11.9 Å². The molecule has 0 atom stereocenters. The Bertz CT molecular complexity index is 490. The lowest BCUT2D eigenvalue weighted by Crippen LogP contribution is -2.27. The summed E-state index contributed by atoms with van der Waals surface area (Å²) in [6, 6.07) is 7.65. The number of benzene rings is 1. The largest absolute Gasteiger partial charge is 0.411 e. The first-order valence-electron chi connectivity index (χ1n) is 6.86. The molecule has 0 radical (unpaired) electrons. The van der Waals surface area contributed by atoms with Crippen LogP contribution in [0, 0.1) is 6.92 Å². The van der Waals surface area contributed by atoms with Crippen LogP contribution in [0.1, 0.15) is 31.2 Å². The summed E-state index contributed by atoms with van der Waals surface area (Å²) in [5, 5.41) is 14.7. The van der Waals surface area contributed by atoms with E-state index in [1.54, 1.807) is 0 Å². The molecule has 1 aromatic carbocycles. The molecular weight excluding hydrogens is 256 g/mol. The lowest BCUT2D eigenvalue weighted by molar-refractivity contribution is -0.122. The van der Waals surface area contributed by atoms with Crippen molar-refractivity contribution >= 4 is 17.3 Å². The maximum absolute atomic E-state index is 11.8. The highest BCUT2D eigenvalue weighted by Crippen LogP contribution is 2.19. The highest BCUT2D eigenvalue weighted by molar-refractivity contribution is 5.92. The Hall–Kier alpha value is -1.88. The lowest BCUT2D eigenvalue weighted by Gasteiger charge is -2.22. The Morgan fingerprint density at radius 3 is 2.75 bits per heavy atom. The third kappa shape index (κ3) is 4.06. The highest BCUT2D eigenvalue weighted by atomic mass is 16.5. The Labute approximate surface area is 118 Å². The Morgan fingerprint density at radius 1 is 1.40 bits per heavy atom. The van der Waals surface area contributed by atoms with Crippen molar-refractivity contribution < 1.29 is 14.7 Å². The summed E-state index contributed by atoms with van der Waals surface area (Å²) >= 11 is 0. The van der Waals surface area contributed by atoms with Gasteiger partial charge in [-0.25, -0.2) is 0 Å². The fourth-order valence-electron chi connectivity index (χ4n) is 2.28. The van der Waals surface area contributed by atoms with Crippen molar-refractivity contribution in [3.8, 4) is 0 Å². The van der Waals surface area contributed by atoms with E-state index in [1.165, 1.54) is 0 Å². The monoisotopic (exact) mass is 276 g/mol. The molecule has 0 spiro atoms. The first-order valence-corrected chi connectivity index (χ1v) is 6.86. The summed E-state index contributed by atoms with van der Waals surface area (Å²) in [5.41, 5.74) is 2.66. The van der Waals surface area contributed by atoms with E-state index in [4.69, 9.17) is 9.94 Å². The molecule has 1 aliphatic carbocycles. The summed E-state index contributed by atoms with van der Waals surface area (Å²) in [6.45, 7) is 2.01. The summed E-state index contributed by atoms with van der Waals surface area (Å²) in [4.78, 5) is 11.8. The molecule has 2 rings (SSSR count). The molecule has 0 unspecified atom stereocenters. The summed E-state index contributed by atoms with van der Waals surface area (Å²) in [7, 11) is 0. The van der Waals surface area contributed by atoms with Crippen molar-refractivity contribution in [3.63, 3.8) is 0 Å². The number of oxime groups is 1. The van der Waals surface area contributed by atoms with Gasteiger partial charge in [0.15, 0.2) is 0 Å². The minimum atomic E-state index is -0.138. The van der Waals surface area contributed by atoms with Crippen molar-refractivity contribution in [2.24, 2.45) is 5.16 Å². The zero-order valence-corrected chi connectivity index (χ0v) is 11.6. The Morgan fingerprint density at radius 2 is 2.10 bits per heavy atom. The number of nitrogens with zero attached hydrogens (tertiary/aromatic N) is 1. The number of rotatable bonds is 4. The second kappa shape index (κ2) is 7.05. The van der Waals surface area contributed by atoms with Gasteiger partial charge in [0.2, 0.25) is 5.91 Å². The topological polar surface area (TPSA) is 70.9 Å². The van der Waals surface area contributed by atoms with Crippen LogP contribution in [0.2, 0.25) is 0 Å². The maximum Gasteiger partial charge on any atom is 0.250 e. The number of amides is 1. The molecule has 0 bridgehead atoms. The van der Waals surface area contributed by atoms with Crippen molar-refractivity contribution in [1.29, 1.82) is 0 Å². The van der Waals surface area contributed by atoms with E-state index >= 15 is 0 Å². The molecular formula is C15H20N2O3. The van der Waals surface area contributed by atoms with Gasteiger partial charge in [-0.15, -0.1) is 0 Å². The summed E-state index contributed by atoms with van der Waals surface area (Å²) in [6.07, 6.45) is 3.15. The molecule has 0 aliphatic heterocycles. The first-order chi connectivity index (χ1) is 9.69. The van der Waals surface area contributed by atoms with E-state index in [0.29, 0.717) is 0 Å². The fraction of sp³-hybridized carbons (Fsp3) is 0.467. The molecule has 1 saturated carbocycles. The van der Waals surface area contributed by atoms with Crippen LogP contribution in [0.25, 0.3) is 0 Å². The minimum Gasteiger partial charge on any atom is -0.411 e. The lowest BCUT2D eigenvalue weighted by atomic mass is 9.96. The molecule has 1 aromatic rings. The molecule has 5 nitrogen and oxygen atoms in total. The van der Waals surface area contributed by atoms with Crippen molar-refractivity contribution in [1.82, 2.24) is 0 Å². The third-order valence-corrected chi connectivity index (χ3v) is 3.52. The summed E-state index contributed by atoms with van der Waals surface area (Å²) in [5.74, 6) is -0.138. The molecule has 1 aliphatic rings. The van der Waals surface area contributed by atoms with Crippen LogP contribution < -0.4 is 5.32 Å². The second-order valence-corrected chi connectivity index (χ2v) is 5.04. The molecule has 1 fully saturated rings. The van der Waals surface area contributed by atoms with Crippen LogP contribution >= 0.6 is 0 Å². The van der Waals surface area contributed by atoms with Crippen LogP contribution in [0.4, 0.5) is 5.69 Å². The zero-order valence-electron chi connectivity index (χ0n) is 11.6. The van der Waals surface area contributed by atoms with Gasteiger partial charge in [-0.1, -0.05) is 23.4 Å². The zero-order chi connectivity index (χ0) is 14.4. The predicted octanol–water partition coefficient (Wildman–Crippen LogP) is 2.72. The van der Waals surface area contributed by atoms with Gasteiger partial charge in [0.05, 0.1) is 11.8 Å². The van der Waals surface area contributed by atoms with Crippen LogP contribution in [0.5, 0.6) is 0 Å². The Kier molecular flexibility index (Phi) is 5.12. The molecule has 5 heteroatoms. The Balaban J connectivity index is 1.75. The van der Waals surface area contributed by atoms with E-state index in [-0.39, 0.29) is 18.6 Å². The van der Waals surface area contributed by atoms with Crippen molar-refractivity contribution in [3.05, 3.63) is 29.8 Å². The number of hydrogen-bond donors (Lipinski definition) is 2. The fourth-order valence-corrected chi connectivity index (χ4v) is 2.28. The predicted molar refractivity (Wildman–Crippen MR) is 77.2 cm³/mol. The standard InChI is InChI=1S/C15H20N2O3/c1-11-4-2-3-5-14(11)16-15(18)10-20-13-8-6-12(17-19)7-9-13/h2-5,13,19H,6-10H2,1H3,(H,16,18). The van der Waals surface area contributed by atoms with E-state index in [9.17, 15) is 4.79 Å². The smallest absolute Gasteiger partial charge is 0.250 e. The average molecular weight is 276 g/mol. The minimum absolute atomic E-state index is 0.0601. The van der Waals surface area contributed by atoms with Crippen LogP contribution in [0.15, 0.2) is 29.4 Å². The second-order valence-electron chi connectivity index (χ2n) is 5.04. The molecule has 108 valence electrons. The number of para-hydroxylation sites is 1. The number of carbonyl (C=O) groups is 1. The number of ether oxygens (including phenoxy) is 1. The molecule has 0 aromatic heterocycles. The van der Waals surface area contributed by atoms with Gasteiger partial charge in [-0.05, 0) is 44.2 Å². The van der Waals surface area contributed by atoms with Crippen LogP contribution in [-0.2, 0) is 9.53 Å². The average Bonchev–Trinajstić information content (AvgIpc) is 2.48. The van der Waals surface area contributed by atoms with Gasteiger partial charge in [-0.2, -0.15) is 0 Å². The van der Waals surface area contributed by atoms with Gasteiger partial charge in [0.25, 0.3) is 0 Å². The van der Waals surface area contributed by atoms with Crippen LogP contribution in [0.3, 0.4) is 0 Å². The van der Waals surface area contributed by atoms with Gasteiger partial charge < -0.3 is 15.3 Å². The van der Waals surface area contributed by atoms with Crippen molar-refractivity contribution in [2.45, 2.75) is 38.7 Å². The van der Waals surface area contributed by atoms with E-state index in [0.717, 1.165) is 42.6 Å². The number of aryl methyl sites for hydroxylation is 1. The van der Waals surface area contributed by atoms with Crippen LogP contribution in [-0.4, -0.2) is 29.5 Å². The summed E-state index contributed by atoms with van der Waals surface area (Å²) < 4.78 is 5.60. The number of anilines is 1. The molecule has 0 saturated heterocycles. The van der Waals surface area contributed by atoms with Gasteiger partial charge in [-0.3, -0.25) is 4.79 Å². The third-order valence-electron chi connectivity index (χ3n) is 3.52. The van der Waals surface area contributed by atoms with E-state index in [1.807, 2.05) is 31.2 Å². The molecule has 2 N–H and O–H groups in total. The SMILES string of the molecule is Cc1ccccc1NC(=O)COC1CCC(=NO)CC1. The molecule has 0 heterocycles. The highest BCUT2D eigenvalue weighted by Gasteiger charge is 2.19. The van der Waals surface area contributed by atoms with E-state index < -0.39 is 0 Å². The van der Waals surface area contributed by atoms with E-state index in [2.05, 4.69) is 10.5 Å². The first kappa shape index (κ1) is 14.5. The number of nitrogens with one attached hydrogen (secondary N) is 1. The number of hydrogen-bond acceptors (Lipinski definition) is 4. The quantitative estimate of drug-likeness (QED) is 0.656. The normalized spacial score (nSPS) is 18.6.